The second kappa shape index (κ2) is 4.84. The molecule has 15 heavy (non-hydrogen) atoms. The maximum atomic E-state index is 3.44. The van der Waals surface area contributed by atoms with Gasteiger partial charge in [-0.05, 0) is 44.2 Å². The molecule has 2 rings (SSSR count). The van der Waals surface area contributed by atoms with Crippen molar-refractivity contribution in [2.45, 2.75) is 52.0 Å². The van der Waals surface area contributed by atoms with Gasteiger partial charge in [0.05, 0.1) is 0 Å². The van der Waals surface area contributed by atoms with Gasteiger partial charge in [-0.3, -0.25) is 0 Å². The number of hydrogen-bond donors (Lipinski definition) is 1. The summed E-state index contributed by atoms with van der Waals surface area (Å²) in [5.41, 5.74) is 0.709. The molecule has 1 N–H and O–H groups in total. The molecule has 2 heteroatoms. The molecule has 1 spiro atoms. The third-order valence-electron chi connectivity index (χ3n) is 4.47. The molecule has 2 aliphatic heterocycles. The van der Waals surface area contributed by atoms with Crippen LogP contribution in [0.5, 0.6) is 0 Å². The lowest BCUT2D eigenvalue weighted by Crippen LogP contribution is -2.59. The van der Waals surface area contributed by atoms with Crippen molar-refractivity contribution >= 4 is 0 Å². The predicted octanol–water partition coefficient (Wildman–Crippen LogP) is 2.25. The van der Waals surface area contributed by atoms with Gasteiger partial charge in [-0.25, -0.2) is 0 Å². The van der Waals surface area contributed by atoms with Crippen molar-refractivity contribution in [1.29, 1.82) is 0 Å². The maximum absolute atomic E-state index is 3.44. The normalized spacial score (nSPS) is 27.6. The van der Waals surface area contributed by atoms with E-state index < -0.39 is 0 Å². The Morgan fingerprint density at radius 1 is 1.20 bits per heavy atom. The van der Waals surface area contributed by atoms with Gasteiger partial charge < -0.3 is 10.2 Å². The van der Waals surface area contributed by atoms with Gasteiger partial charge in [-0.2, -0.15) is 0 Å². The van der Waals surface area contributed by atoms with Crippen molar-refractivity contribution in [2.75, 3.05) is 26.2 Å². The highest BCUT2D eigenvalue weighted by Gasteiger charge is 2.40. The van der Waals surface area contributed by atoms with Crippen molar-refractivity contribution in [3.8, 4) is 0 Å². The Hall–Kier alpha value is -0.0800. The number of likely N-dealkylation sites (tertiary alicyclic amines) is 1. The zero-order valence-electron chi connectivity index (χ0n) is 10.4. The fraction of sp³-hybridized carbons (Fsp3) is 1.00. The summed E-state index contributed by atoms with van der Waals surface area (Å²) in [6.07, 6.45) is 6.92. The zero-order chi connectivity index (χ0) is 10.7. The van der Waals surface area contributed by atoms with Crippen LogP contribution in [-0.4, -0.2) is 37.1 Å². The molecule has 0 aromatic carbocycles. The smallest absolute Gasteiger partial charge is 0.00925 e. The first-order chi connectivity index (χ1) is 7.29. The molecule has 0 aromatic rings. The van der Waals surface area contributed by atoms with Crippen LogP contribution in [0.15, 0.2) is 0 Å². The molecule has 2 heterocycles. The molecule has 0 bridgehead atoms. The van der Waals surface area contributed by atoms with E-state index in [0.29, 0.717) is 5.41 Å². The highest BCUT2D eigenvalue weighted by molar-refractivity contribution is 4.96. The van der Waals surface area contributed by atoms with Crippen LogP contribution in [0.1, 0.15) is 46.0 Å². The van der Waals surface area contributed by atoms with Crippen LogP contribution in [0.4, 0.5) is 0 Å². The third-order valence-corrected chi connectivity index (χ3v) is 4.47. The first-order valence-corrected chi connectivity index (χ1v) is 6.74. The van der Waals surface area contributed by atoms with E-state index in [1.807, 2.05) is 0 Å². The van der Waals surface area contributed by atoms with E-state index in [-0.39, 0.29) is 0 Å². The van der Waals surface area contributed by atoms with Crippen molar-refractivity contribution < 1.29 is 0 Å². The fourth-order valence-electron chi connectivity index (χ4n) is 3.17. The lowest BCUT2D eigenvalue weighted by molar-refractivity contribution is 0.0316. The van der Waals surface area contributed by atoms with Gasteiger partial charge in [-0.1, -0.05) is 20.3 Å². The first-order valence-electron chi connectivity index (χ1n) is 6.74. The Balaban J connectivity index is 1.80. The predicted molar refractivity (Wildman–Crippen MR) is 65.1 cm³/mol. The summed E-state index contributed by atoms with van der Waals surface area (Å²) in [6, 6.07) is 0.861. The van der Waals surface area contributed by atoms with E-state index in [2.05, 4.69) is 24.1 Å². The van der Waals surface area contributed by atoms with Gasteiger partial charge in [0.1, 0.15) is 0 Å². The largest absolute Gasteiger partial charge is 0.316 e. The number of piperidine rings is 1. The highest BCUT2D eigenvalue weighted by atomic mass is 15.2. The van der Waals surface area contributed by atoms with Gasteiger partial charge >= 0.3 is 0 Å². The van der Waals surface area contributed by atoms with Gasteiger partial charge in [-0.15, -0.1) is 0 Å². The standard InChI is InChI=1S/C13H26N2/c1-3-5-12(4-2)15-8-6-13(7-9-15)10-14-11-13/h12,14H,3-11H2,1-2H3. The Labute approximate surface area is 94.4 Å². The summed E-state index contributed by atoms with van der Waals surface area (Å²) in [5.74, 6) is 0. The minimum Gasteiger partial charge on any atom is -0.316 e. The quantitative estimate of drug-likeness (QED) is 0.765. The molecule has 1 atom stereocenters. The van der Waals surface area contributed by atoms with Crippen LogP contribution < -0.4 is 5.32 Å². The molecular formula is C13H26N2. The first kappa shape index (κ1) is 11.4. The number of nitrogens with one attached hydrogen (secondary N) is 1. The summed E-state index contributed by atoms with van der Waals surface area (Å²) >= 11 is 0. The van der Waals surface area contributed by atoms with E-state index in [0.717, 1.165) is 6.04 Å². The topological polar surface area (TPSA) is 15.3 Å². The molecule has 0 amide bonds. The number of hydrogen-bond acceptors (Lipinski definition) is 2. The molecule has 2 fully saturated rings. The summed E-state index contributed by atoms with van der Waals surface area (Å²) in [4.78, 5) is 2.74. The van der Waals surface area contributed by atoms with Crippen LogP contribution >= 0.6 is 0 Å². The van der Waals surface area contributed by atoms with E-state index in [1.165, 1.54) is 58.3 Å². The van der Waals surface area contributed by atoms with Crippen LogP contribution in [-0.2, 0) is 0 Å². The monoisotopic (exact) mass is 210 g/mol. The second-order valence-electron chi connectivity index (χ2n) is 5.49. The summed E-state index contributed by atoms with van der Waals surface area (Å²) in [7, 11) is 0. The molecular weight excluding hydrogens is 184 g/mol. The van der Waals surface area contributed by atoms with Crippen molar-refractivity contribution in [3.63, 3.8) is 0 Å². The molecule has 2 aliphatic rings. The van der Waals surface area contributed by atoms with E-state index in [1.54, 1.807) is 0 Å². The fourth-order valence-corrected chi connectivity index (χ4v) is 3.17. The molecule has 2 nitrogen and oxygen atoms in total. The van der Waals surface area contributed by atoms with Crippen LogP contribution in [0.2, 0.25) is 0 Å². The van der Waals surface area contributed by atoms with Gasteiger partial charge in [0.15, 0.2) is 0 Å². The Kier molecular flexibility index (Phi) is 3.68. The van der Waals surface area contributed by atoms with E-state index in [9.17, 15) is 0 Å². The Bertz CT molecular complexity index is 189. The minimum absolute atomic E-state index is 0.709. The molecule has 0 saturated carbocycles. The van der Waals surface area contributed by atoms with Crippen molar-refractivity contribution in [2.24, 2.45) is 5.41 Å². The van der Waals surface area contributed by atoms with Crippen molar-refractivity contribution in [1.82, 2.24) is 10.2 Å². The zero-order valence-corrected chi connectivity index (χ0v) is 10.4. The Morgan fingerprint density at radius 3 is 2.27 bits per heavy atom. The van der Waals surface area contributed by atoms with Crippen LogP contribution in [0, 0.1) is 5.41 Å². The molecule has 88 valence electrons. The SMILES string of the molecule is CCCC(CC)N1CCC2(CC1)CNC2. The number of rotatable bonds is 4. The minimum atomic E-state index is 0.709. The lowest BCUT2D eigenvalue weighted by Gasteiger charge is -2.50. The van der Waals surface area contributed by atoms with Crippen LogP contribution in [0.3, 0.4) is 0 Å². The summed E-state index contributed by atoms with van der Waals surface area (Å²) in [6.45, 7) is 9.91. The average Bonchev–Trinajstić information content (AvgIpc) is 2.24. The average molecular weight is 210 g/mol. The van der Waals surface area contributed by atoms with Gasteiger partial charge in [0.2, 0.25) is 0 Å². The summed E-state index contributed by atoms with van der Waals surface area (Å²) < 4.78 is 0. The molecule has 0 aromatic heterocycles. The number of nitrogens with zero attached hydrogens (tertiary/aromatic N) is 1. The Morgan fingerprint density at radius 2 is 1.87 bits per heavy atom. The van der Waals surface area contributed by atoms with Gasteiger partial charge in [0.25, 0.3) is 0 Å². The van der Waals surface area contributed by atoms with E-state index in [4.69, 9.17) is 0 Å². The van der Waals surface area contributed by atoms with Crippen molar-refractivity contribution in [3.05, 3.63) is 0 Å². The molecule has 0 aliphatic carbocycles. The lowest BCUT2D eigenvalue weighted by atomic mass is 9.73. The summed E-state index contributed by atoms with van der Waals surface area (Å²) in [5, 5.41) is 3.44. The van der Waals surface area contributed by atoms with E-state index >= 15 is 0 Å². The van der Waals surface area contributed by atoms with Gasteiger partial charge in [0, 0.05) is 19.1 Å². The molecule has 1 unspecified atom stereocenters. The third kappa shape index (κ3) is 2.36. The van der Waals surface area contributed by atoms with Crippen LogP contribution in [0.25, 0.3) is 0 Å². The molecule has 0 radical (unpaired) electrons. The highest BCUT2D eigenvalue weighted by Crippen LogP contribution is 2.36. The molecule has 2 saturated heterocycles. The maximum Gasteiger partial charge on any atom is 0.00925 e. The second-order valence-corrected chi connectivity index (χ2v) is 5.49.